The first-order chi connectivity index (χ1) is 13.1. The number of Topliss-reactive ketones (excluding diaryl/α,β-unsaturated/α-hetero) is 1. The van der Waals surface area contributed by atoms with Crippen LogP contribution in [0.25, 0.3) is 5.82 Å². The number of pyridine rings is 1. The summed E-state index contributed by atoms with van der Waals surface area (Å²) in [6.45, 7) is 0. The number of ketones is 1. The topological polar surface area (TPSA) is 136 Å². The average Bonchev–Trinajstić information content (AvgIpc) is 3.36. The Hall–Kier alpha value is -3.75. The van der Waals surface area contributed by atoms with E-state index in [1.54, 1.807) is 36.8 Å². The highest BCUT2D eigenvalue weighted by atomic mass is 16.2. The van der Waals surface area contributed by atoms with Gasteiger partial charge in [0.2, 0.25) is 5.78 Å². The standard InChI is InChI=1S/C18H18N6O3/c19-17(26)16(25)13(5-4-12-6-9-20-11-12)23-18(27)14-7-10-22-24(14)15-3-1-2-8-21-15/h1-3,6-11,13,20H,4-5H2,(H2,19,26)(H,23,27). The van der Waals surface area contributed by atoms with Crippen molar-refractivity contribution < 1.29 is 14.4 Å². The number of aromatic nitrogens is 4. The second-order valence-electron chi connectivity index (χ2n) is 5.83. The van der Waals surface area contributed by atoms with Crippen LogP contribution in [-0.2, 0) is 16.0 Å². The normalized spacial score (nSPS) is 11.7. The van der Waals surface area contributed by atoms with Gasteiger partial charge in [-0.15, -0.1) is 0 Å². The van der Waals surface area contributed by atoms with E-state index in [1.807, 2.05) is 6.07 Å². The van der Waals surface area contributed by atoms with Gasteiger partial charge in [-0.3, -0.25) is 14.4 Å². The summed E-state index contributed by atoms with van der Waals surface area (Å²) in [4.78, 5) is 43.2. The molecular weight excluding hydrogens is 348 g/mol. The summed E-state index contributed by atoms with van der Waals surface area (Å²) in [6, 6.07) is 7.53. The Labute approximate surface area is 154 Å². The molecule has 0 spiro atoms. The molecule has 0 saturated heterocycles. The maximum Gasteiger partial charge on any atom is 0.287 e. The van der Waals surface area contributed by atoms with Gasteiger partial charge in [0.1, 0.15) is 5.69 Å². The number of amides is 2. The van der Waals surface area contributed by atoms with E-state index in [9.17, 15) is 14.4 Å². The predicted molar refractivity (Wildman–Crippen MR) is 95.9 cm³/mol. The van der Waals surface area contributed by atoms with Crippen molar-refractivity contribution in [2.24, 2.45) is 5.73 Å². The van der Waals surface area contributed by atoms with Crippen molar-refractivity contribution in [3.05, 3.63) is 66.4 Å². The Kier molecular flexibility index (Phi) is 5.41. The molecule has 0 aliphatic heterocycles. The highest BCUT2D eigenvalue weighted by molar-refractivity contribution is 6.37. The number of nitrogens with zero attached hydrogens (tertiary/aromatic N) is 3. The number of primary amides is 1. The zero-order valence-electron chi connectivity index (χ0n) is 14.3. The van der Waals surface area contributed by atoms with Crippen LogP contribution in [0, 0.1) is 0 Å². The van der Waals surface area contributed by atoms with Gasteiger partial charge in [-0.1, -0.05) is 6.07 Å². The summed E-state index contributed by atoms with van der Waals surface area (Å²) in [5, 5.41) is 6.68. The van der Waals surface area contributed by atoms with Crippen LogP contribution in [0.4, 0.5) is 0 Å². The number of hydrogen-bond acceptors (Lipinski definition) is 5. The Balaban J connectivity index is 1.77. The molecule has 3 aromatic rings. The zero-order valence-corrected chi connectivity index (χ0v) is 14.3. The monoisotopic (exact) mass is 366 g/mol. The molecule has 3 aromatic heterocycles. The Morgan fingerprint density at radius 2 is 2.04 bits per heavy atom. The molecule has 1 unspecified atom stereocenters. The van der Waals surface area contributed by atoms with Crippen LogP contribution in [0.15, 0.2) is 55.1 Å². The van der Waals surface area contributed by atoms with Crippen molar-refractivity contribution in [2.45, 2.75) is 18.9 Å². The number of aromatic amines is 1. The number of hydrogen-bond donors (Lipinski definition) is 3. The van der Waals surface area contributed by atoms with E-state index in [0.717, 1.165) is 5.56 Å². The lowest BCUT2D eigenvalue weighted by Gasteiger charge is -2.16. The predicted octanol–water partition coefficient (Wildman–Crippen LogP) is 0.381. The lowest BCUT2D eigenvalue weighted by molar-refractivity contribution is -0.137. The van der Waals surface area contributed by atoms with E-state index in [1.165, 1.54) is 16.9 Å². The van der Waals surface area contributed by atoms with Gasteiger partial charge >= 0.3 is 0 Å². The van der Waals surface area contributed by atoms with Crippen LogP contribution >= 0.6 is 0 Å². The third kappa shape index (κ3) is 4.27. The fraction of sp³-hybridized carbons (Fsp3) is 0.167. The average molecular weight is 366 g/mol. The summed E-state index contributed by atoms with van der Waals surface area (Å²) in [5.41, 5.74) is 6.27. The maximum atomic E-state index is 12.7. The van der Waals surface area contributed by atoms with Crippen LogP contribution in [0.5, 0.6) is 0 Å². The number of H-pyrrole nitrogens is 1. The van der Waals surface area contributed by atoms with E-state index in [0.29, 0.717) is 12.2 Å². The molecule has 0 aliphatic carbocycles. The fourth-order valence-corrected chi connectivity index (χ4v) is 2.63. The molecule has 9 heteroatoms. The maximum absolute atomic E-state index is 12.7. The quantitative estimate of drug-likeness (QED) is 0.495. The molecule has 0 fully saturated rings. The van der Waals surface area contributed by atoms with Gasteiger partial charge in [-0.2, -0.15) is 5.10 Å². The molecule has 0 aromatic carbocycles. The summed E-state index contributed by atoms with van der Waals surface area (Å²) in [6.07, 6.45) is 7.30. The number of nitrogens with one attached hydrogen (secondary N) is 2. The van der Waals surface area contributed by atoms with Gasteiger partial charge < -0.3 is 16.0 Å². The van der Waals surface area contributed by atoms with Crippen molar-refractivity contribution >= 4 is 17.6 Å². The Morgan fingerprint density at radius 3 is 2.70 bits per heavy atom. The van der Waals surface area contributed by atoms with E-state index < -0.39 is 23.6 Å². The molecule has 0 bridgehead atoms. The van der Waals surface area contributed by atoms with Gasteiger partial charge in [-0.25, -0.2) is 9.67 Å². The number of nitrogens with two attached hydrogens (primary N) is 1. The molecule has 9 nitrogen and oxygen atoms in total. The summed E-state index contributed by atoms with van der Waals surface area (Å²) < 4.78 is 1.35. The molecule has 27 heavy (non-hydrogen) atoms. The molecule has 2 amide bonds. The fourth-order valence-electron chi connectivity index (χ4n) is 2.63. The first-order valence-electron chi connectivity index (χ1n) is 8.28. The third-order valence-electron chi connectivity index (χ3n) is 3.99. The number of aryl methyl sites for hydroxylation is 1. The number of rotatable bonds is 8. The van der Waals surface area contributed by atoms with Crippen molar-refractivity contribution in [1.29, 1.82) is 0 Å². The number of carbonyl (C=O) groups is 3. The van der Waals surface area contributed by atoms with Crippen molar-refractivity contribution in [1.82, 2.24) is 25.1 Å². The van der Waals surface area contributed by atoms with E-state index in [2.05, 4.69) is 20.4 Å². The summed E-state index contributed by atoms with van der Waals surface area (Å²) in [5.74, 6) is -2.03. The van der Waals surface area contributed by atoms with Gasteiger partial charge in [0.15, 0.2) is 5.82 Å². The SMILES string of the molecule is NC(=O)C(=O)C(CCc1cc[nH]c1)NC(=O)c1ccnn1-c1ccccn1. The molecule has 3 heterocycles. The van der Waals surface area contributed by atoms with Gasteiger partial charge in [0.25, 0.3) is 11.8 Å². The van der Waals surface area contributed by atoms with Gasteiger partial charge in [0.05, 0.1) is 12.2 Å². The zero-order chi connectivity index (χ0) is 19.2. The second-order valence-corrected chi connectivity index (χ2v) is 5.83. The van der Waals surface area contributed by atoms with Gasteiger partial charge in [-0.05, 0) is 42.7 Å². The van der Waals surface area contributed by atoms with Gasteiger partial charge in [0, 0.05) is 18.6 Å². The molecular formula is C18H18N6O3. The van der Waals surface area contributed by atoms with Crippen LogP contribution in [-0.4, -0.2) is 43.4 Å². The minimum absolute atomic E-state index is 0.192. The van der Waals surface area contributed by atoms with Crippen LogP contribution in [0.1, 0.15) is 22.5 Å². The molecule has 0 aliphatic rings. The molecule has 0 radical (unpaired) electrons. The van der Waals surface area contributed by atoms with Crippen molar-refractivity contribution in [3.8, 4) is 5.82 Å². The first kappa shape index (κ1) is 18.1. The largest absolute Gasteiger partial charge is 0.367 e. The summed E-state index contributed by atoms with van der Waals surface area (Å²) in [7, 11) is 0. The highest BCUT2D eigenvalue weighted by Gasteiger charge is 2.26. The first-order valence-corrected chi connectivity index (χ1v) is 8.28. The van der Waals surface area contributed by atoms with Crippen molar-refractivity contribution in [2.75, 3.05) is 0 Å². The molecule has 1 atom stereocenters. The number of carbonyl (C=O) groups excluding carboxylic acids is 3. The van der Waals surface area contributed by atoms with Crippen LogP contribution in [0.3, 0.4) is 0 Å². The van der Waals surface area contributed by atoms with Crippen LogP contribution in [0.2, 0.25) is 0 Å². The van der Waals surface area contributed by atoms with Crippen LogP contribution < -0.4 is 11.1 Å². The minimum atomic E-state index is -1.09. The lowest BCUT2D eigenvalue weighted by Crippen LogP contribution is -2.46. The molecule has 4 N–H and O–H groups in total. The smallest absolute Gasteiger partial charge is 0.287 e. The summed E-state index contributed by atoms with van der Waals surface area (Å²) >= 11 is 0. The Morgan fingerprint density at radius 1 is 1.19 bits per heavy atom. The molecule has 138 valence electrons. The van der Waals surface area contributed by atoms with Crippen molar-refractivity contribution in [3.63, 3.8) is 0 Å². The Bertz CT molecular complexity index is 933. The lowest BCUT2D eigenvalue weighted by atomic mass is 10.0. The molecule has 0 saturated carbocycles. The molecule has 3 rings (SSSR count). The van der Waals surface area contributed by atoms with E-state index in [-0.39, 0.29) is 12.1 Å². The van der Waals surface area contributed by atoms with E-state index in [4.69, 9.17) is 5.73 Å². The third-order valence-corrected chi connectivity index (χ3v) is 3.99. The van der Waals surface area contributed by atoms with E-state index >= 15 is 0 Å². The second kappa shape index (κ2) is 8.09. The minimum Gasteiger partial charge on any atom is -0.367 e. The highest BCUT2D eigenvalue weighted by Crippen LogP contribution is 2.10.